The Balaban J connectivity index is 1.52. The van der Waals surface area contributed by atoms with Crippen LogP contribution in [0.3, 0.4) is 0 Å². The topological polar surface area (TPSA) is 58.4 Å². The number of para-hydroxylation sites is 1. The number of likely N-dealkylation sites (tertiary alicyclic amines) is 1. The summed E-state index contributed by atoms with van der Waals surface area (Å²) >= 11 is 0. The molecule has 1 N–H and O–H groups in total. The van der Waals surface area contributed by atoms with Crippen LogP contribution in [0.4, 0.5) is 0 Å². The predicted molar refractivity (Wildman–Crippen MR) is 90.2 cm³/mol. The van der Waals surface area contributed by atoms with Crippen LogP contribution in [-0.4, -0.2) is 41.6 Å². The predicted octanol–water partition coefficient (Wildman–Crippen LogP) is 2.61. The molecule has 1 aliphatic heterocycles. The van der Waals surface area contributed by atoms with Gasteiger partial charge < -0.3 is 14.7 Å². The van der Waals surface area contributed by atoms with E-state index < -0.39 is 0 Å². The smallest absolute Gasteiger partial charge is 0.226 e. The SMILES string of the molecule is CC(C)N1CCC[C@@H](CNC(=O)Cc2noc3ccccc23)C1. The Kier molecular flexibility index (Phi) is 4.96. The van der Waals surface area contributed by atoms with Crippen LogP contribution in [0, 0.1) is 5.92 Å². The molecule has 2 aromatic rings. The Morgan fingerprint density at radius 3 is 3.09 bits per heavy atom. The van der Waals surface area contributed by atoms with Crippen molar-refractivity contribution in [3.05, 3.63) is 30.0 Å². The summed E-state index contributed by atoms with van der Waals surface area (Å²) in [4.78, 5) is 14.7. The zero-order valence-electron chi connectivity index (χ0n) is 13.9. The maximum Gasteiger partial charge on any atom is 0.226 e. The van der Waals surface area contributed by atoms with E-state index in [1.165, 1.54) is 19.4 Å². The summed E-state index contributed by atoms with van der Waals surface area (Å²) in [6.45, 7) is 7.46. The molecule has 124 valence electrons. The number of carbonyl (C=O) groups is 1. The number of nitrogens with one attached hydrogen (secondary N) is 1. The van der Waals surface area contributed by atoms with Crippen molar-refractivity contribution in [3.63, 3.8) is 0 Å². The van der Waals surface area contributed by atoms with Crippen molar-refractivity contribution < 1.29 is 9.32 Å². The lowest BCUT2D eigenvalue weighted by Gasteiger charge is -2.35. The van der Waals surface area contributed by atoms with Crippen LogP contribution >= 0.6 is 0 Å². The maximum atomic E-state index is 12.2. The van der Waals surface area contributed by atoms with E-state index in [1.807, 2.05) is 24.3 Å². The molecule has 0 radical (unpaired) electrons. The lowest BCUT2D eigenvalue weighted by atomic mass is 9.97. The summed E-state index contributed by atoms with van der Waals surface area (Å²) < 4.78 is 5.25. The average Bonchev–Trinajstić information content (AvgIpc) is 2.96. The zero-order valence-corrected chi connectivity index (χ0v) is 13.9. The second-order valence-corrected chi connectivity index (χ2v) is 6.70. The van der Waals surface area contributed by atoms with Crippen molar-refractivity contribution in [2.45, 2.75) is 39.2 Å². The van der Waals surface area contributed by atoms with Crippen molar-refractivity contribution >= 4 is 16.9 Å². The van der Waals surface area contributed by atoms with Crippen LogP contribution in [0.25, 0.3) is 11.0 Å². The monoisotopic (exact) mass is 315 g/mol. The number of hydrogen-bond acceptors (Lipinski definition) is 4. The minimum absolute atomic E-state index is 0.0192. The minimum Gasteiger partial charge on any atom is -0.356 e. The molecule has 1 saturated heterocycles. The first-order valence-corrected chi connectivity index (χ1v) is 8.47. The van der Waals surface area contributed by atoms with E-state index >= 15 is 0 Å². The molecule has 1 aromatic heterocycles. The highest BCUT2D eigenvalue weighted by molar-refractivity contribution is 5.86. The van der Waals surface area contributed by atoms with Gasteiger partial charge in [0.1, 0.15) is 5.69 Å². The molecule has 1 aromatic carbocycles. The zero-order chi connectivity index (χ0) is 16.2. The Morgan fingerprint density at radius 2 is 2.26 bits per heavy atom. The van der Waals surface area contributed by atoms with Gasteiger partial charge in [-0.2, -0.15) is 0 Å². The Hall–Kier alpha value is -1.88. The molecule has 0 saturated carbocycles. The van der Waals surface area contributed by atoms with E-state index in [0.717, 1.165) is 24.1 Å². The van der Waals surface area contributed by atoms with Crippen LogP contribution in [-0.2, 0) is 11.2 Å². The van der Waals surface area contributed by atoms with Gasteiger partial charge in [0.15, 0.2) is 5.58 Å². The number of rotatable bonds is 5. The number of amides is 1. The van der Waals surface area contributed by atoms with Crippen molar-refractivity contribution in [2.24, 2.45) is 5.92 Å². The van der Waals surface area contributed by atoms with Crippen LogP contribution in [0.2, 0.25) is 0 Å². The molecule has 1 aliphatic rings. The van der Waals surface area contributed by atoms with E-state index in [0.29, 0.717) is 17.7 Å². The first-order valence-electron chi connectivity index (χ1n) is 8.47. The fourth-order valence-corrected chi connectivity index (χ4v) is 3.27. The van der Waals surface area contributed by atoms with Gasteiger partial charge in [0.2, 0.25) is 5.91 Å². The summed E-state index contributed by atoms with van der Waals surface area (Å²) in [6.07, 6.45) is 2.68. The summed E-state index contributed by atoms with van der Waals surface area (Å²) in [5, 5.41) is 8.01. The number of fused-ring (bicyclic) bond motifs is 1. The molecule has 1 amide bonds. The third-order valence-electron chi connectivity index (χ3n) is 4.65. The highest BCUT2D eigenvalue weighted by Crippen LogP contribution is 2.19. The van der Waals surface area contributed by atoms with Gasteiger partial charge >= 0.3 is 0 Å². The van der Waals surface area contributed by atoms with Gasteiger partial charge in [-0.05, 0) is 51.3 Å². The molecule has 2 heterocycles. The van der Waals surface area contributed by atoms with Gasteiger partial charge in [-0.3, -0.25) is 4.79 Å². The van der Waals surface area contributed by atoms with Crippen molar-refractivity contribution in [1.82, 2.24) is 15.4 Å². The summed E-state index contributed by atoms with van der Waals surface area (Å²) in [7, 11) is 0. The Bertz CT molecular complexity index is 665. The average molecular weight is 315 g/mol. The highest BCUT2D eigenvalue weighted by Gasteiger charge is 2.22. The third-order valence-corrected chi connectivity index (χ3v) is 4.65. The molecule has 0 bridgehead atoms. The molecule has 0 unspecified atom stereocenters. The van der Waals surface area contributed by atoms with Gasteiger partial charge in [0.05, 0.1) is 6.42 Å². The molecule has 1 fully saturated rings. The number of hydrogen-bond donors (Lipinski definition) is 1. The second-order valence-electron chi connectivity index (χ2n) is 6.70. The van der Waals surface area contributed by atoms with E-state index in [4.69, 9.17) is 4.52 Å². The quantitative estimate of drug-likeness (QED) is 0.921. The summed E-state index contributed by atoms with van der Waals surface area (Å²) in [5.41, 5.74) is 1.45. The molecule has 0 aliphatic carbocycles. The van der Waals surface area contributed by atoms with E-state index in [1.54, 1.807) is 0 Å². The Labute approximate surface area is 137 Å². The fraction of sp³-hybridized carbons (Fsp3) is 0.556. The maximum absolute atomic E-state index is 12.2. The van der Waals surface area contributed by atoms with Crippen LogP contribution in [0.5, 0.6) is 0 Å². The summed E-state index contributed by atoms with van der Waals surface area (Å²) in [6, 6.07) is 8.22. The standard InChI is InChI=1S/C18H25N3O2/c1-13(2)21-9-5-6-14(12-21)11-19-18(22)10-16-15-7-3-4-8-17(15)23-20-16/h3-4,7-8,13-14H,5-6,9-12H2,1-2H3,(H,19,22)/t14-/m0/s1. The fourth-order valence-electron chi connectivity index (χ4n) is 3.27. The van der Waals surface area contributed by atoms with Crippen molar-refractivity contribution in [1.29, 1.82) is 0 Å². The van der Waals surface area contributed by atoms with Gasteiger partial charge in [0, 0.05) is 24.5 Å². The number of nitrogens with zero attached hydrogens (tertiary/aromatic N) is 2. The van der Waals surface area contributed by atoms with E-state index in [-0.39, 0.29) is 12.3 Å². The van der Waals surface area contributed by atoms with Crippen LogP contribution in [0.1, 0.15) is 32.4 Å². The molecule has 1 atom stereocenters. The molecule has 0 spiro atoms. The number of carbonyl (C=O) groups excluding carboxylic acids is 1. The first-order chi connectivity index (χ1) is 11.1. The molecular weight excluding hydrogens is 290 g/mol. The molecule has 5 heteroatoms. The number of aromatic nitrogens is 1. The normalized spacial score (nSPS) is 19.3. The third kappa shape index (κ3) is 3.91. The number of benzene rings is 1. The molecular formula is C18H25N3O2. The Morgan fingerprint density at radius 1 is 1.43 bits per heavy atom. The van der Waals surface area contributed by atoms with Crippen molar-refractivity contribution in [3.8, 4) is 0 Å². The molecule has 23 heavy (non-hydrogen) atoms. The largest absolute Gasteiger partial charge is 0.356 e. The van der Waals surface area contributed by atoms with Gasteiger partial charge in [-0.15, -0.1) is 0 Å². The lowest BCUT2D eigenvalue weighted by molar-refractivity contribution is -0.120. The molecule has 5 nitrogen and oxygen atoms in total. The van der Waals surface area contributed by atoms with E-state index in [2.05, 4.69) is 29.2 Å². The van der Waals surface area contributed by atoms with Gasteiger partial charge in [0.25, 0.3) is 0 Å². The first kappa shape index (κ1) is 16.0. The van der Waals surface area contributed by atoms with E-state index in [9.17, 15) is 4.79 Å². The van der Waals surface area contributed by atoms with Gasteiger partial charge in [-0.1, -0.05) is 17.3 Å². The van der Waals surface area contributed by atoms with Crippen LogP contribution in [0.15, 0.2) is 28.8 Å². The van der Waals surface area contributed by atoms with Crippen molar-refractivity contribution in [2.75, 3.05) is 19.6 Å². The highest BCUT2D eigenvalue weighted by atomic mass is 16.5. The summed E-state index contributed by atoms with van der Waals surface area (Å²) in [5.74, 6) is 0.565. The second kappa shape index (κ2) is 7.13. The van der Waals surface area contributed by atoms with Crippen LogP contribution < -0.4 is 5.32 Å². The minimum atomic E-state index is 0.0192. The lowest BCUT2D eigenvalue weighted by Crippen LogP contribution is -2.44. The molecule has 3 rings (SSSR count). The number of piperidine rings is 1. The van der Waals surface area contributed by atoms with Gasteiger partial charge in [-0.25, -0.2) is 0 Å².